The van der Waals surface area contributed by atoms with Crippen molar-refractivity contribution in [3.63, 3.8) is 0 Å². The molecular formula is C14H16Cl2N4O2. The van der Waals surface area contributed by atoms with Crippen LogP contribution in [0.4, 0.5) is 5.69 Å². The number of nitrogens with one attached hydrogen (secondary N) is 2. The smallest absolute Gasteiger partial charge is 0.241 e. The Hall–Kier alpha value is -1.76. The van der Waals surface area contributed by atoms with E-state index in [0.717, 1.165) is 11.3 Å². The molecule has 1 amide bonds. The van der Waals surface area contributed by atoms with Gasteiger partial charge in [-0.1, -0.05) is 29.3 Å². The third-order valence-electron chi connectivity index (χ3n) is 2.85. The Kier molecular flexibility index (Phi) is 6.06. The van der Waals surface area contributed by atoms with Crippen LogP contribution in [0.5, 0.6) is 0 Å². The van der Waals surface area contributed by atoms with E-state index in [1.165, 1.54) is 4.68 Å². The van der Waals surface area contributed by atoms with E-state index >= 15 is 0 Å². The summed E-state index contributed by atoms with van der Waals surface area (Å²) in [4.78, 5) is 11.5. The van der Waals surface area contributed by atoms with Crippen LogP contribution in [-0.4, -0.2) is 33.9 Å². The standard InChI is InChI=1S/C14H16Cl2N4O2/c15-12-2-1-10(5-13(12)16)6-18-11-7-19-20(8-11)9-14(22)17-3-4-21/h1-2,5,7-8,18,21H,3-4,6,9H2,(H,17,22). The number of benzene rings is 1. The van der Waals surface area contributed by atoms with Crippen LogP contribution in [0.15, 0.2) is 30.6 Å². The lowest BCUT2D eigenvalue weighted by molar-refractivity contribution is -0.122. The summed E-state index contributed by atoms with van der Waals surface area (Å²) < 4.78 is 1.52. The normalized spacial score (nSPS) is 10.5. The highest BCUT2D eigenvalue weighted by Crippen LogP contribution is 2.23. The van der Waals surface area contributed by atoms with Crippen molar-refractivity contribution in [1.82, 2.24) is 15.1 Å². The number of hydrogen-bond acceptors (Lipinski definition) is 4. The highest BCUT2D eigenvalue weighted by atomic mass is 35.5. The fraction of sp³-hybridized carbons (Fsp3) is 0.286. The molecule has 0 saturated carbocycles. The van der Waals surface area contributed by atoms with E-state index in [2.05, 4.69) is 15.7 Å². The van der Waals surface area contributed by atoms with E-state index in [0.29, 0.717) is 16.6 Å². The van der Waals surface area contributed by atoms with E-state index in [-0.39, 0.29) is 25.6 Å². The molecule has 22 heavy (non-hydrogen) atoms. The fourth-order valence-electron chi connectivity index (χ4n) is 1.79. The van der Waals surface area contributed by atoms with Crippen LogP contribution < -0.4 is 10.6 Å². The monoisotopic (exact) mass is 342 g/mol. The van der Waals surface area contributed by atoms with Gasteiger partial charge in [0.1, 0.15) is 6.54 Å². The van der Waals surface area contributed by atoms with Gasteiger partial charge in [0.15, 0.2) is 0 Å². The number of halogens is 2. The summed E-state index contributed by atoms with van der Waals surface area (Å²) in [7, 11) is 0. The van der Waals surface area contributed by atoms with Crippen molar-refractivity contribution in [2.75, 3.05) is 18.5 Å². The van der Waals surface area contributed by atoms with Gasteiger partial charge in [0.25, 0.3) is 0 Å². The van der Waals surface area contributed by atoms with Gasteiger partial charge in [-0.15, -0.1) is 0 Å². The number of nitrogens with zero attached hydrogens (tertiary/aromatic N) is 2. The quantitative estimate of drug-likeness (QED) is 0.718. The molecule has 0 atom stereocenters. The van der Waals surface area contributed by atoms with E-state index in [4.69, 9.17) is 28.3 Å². The number of carbonyl (C=O) groups excluding carboxylic acids is 1. The van der Waals surface area contributed by atoms with Crippen molar-refractivity contribution in [1.29, 1.82) is 0 Å². The molecule has 1 aromatic heterocycles. The maximum atomic E-state index is 11.5. The van der Waals surface area contributed by atoms with Gasteiger partial charge < -0.3 is 15.7 Å². The van der Waals surface area contributed by atoms with Crippen molar-refractivity contribution in [3.05, 3.63) is 46.2 Å². The summed E-state index contributed by atoms with van der Waals surface area (Å²) in [5, 5.41) is 19.5. The zero-order valence-corrected chi connectivity index (χ0v) is 13.2. The number of aliphatic hydroxyl groups excluding tert-OH is 1. The zero-order chi connectivity index (χ0) is 15.9. The van der Waals surface area contributed by atoms with Crippen molar-refractivity contribution >= 4 is 34.8 Å². The second kappa shape index (κ2) is 8.03. The topological polar surface area (TPSA) is 79.2 Å². The minimum Gasteiger partial charge on any atom is -0.395 e. The minimum absolute atomic E-state index is 0.0820. The summed E-state index contributed by atoms with van der Waals surface area (Å²) in [6, 6.07) is 5.42. The lowest BCUT2D eigenvalue weighted by atomic mass is 10.2. The fourth-order valence-corrected chi connectivity index (χ4v) is 2.11. The molecule has 0 aliphatic rings. The lowest BCUT2D eigenvalue weighted by Crippen LogP contribution is -2.30. The largest absolute Gasteiger partial charge is 0.395 e. The molecule has 0 saturated heterocycles. The SMILES string of the molecule is O=C(Cn1cc(NCc2ccc(Cl)c(Cl)c2)cn1)NCCO. The molecule has 8 heteroatoms. The van der Waals surface area contributed by atoms with E-state index < -0.39 is 0 Å². The van der Waals surface area contributed by atoms with Crippen molar-refractivity contribution < 1.29 is 9.90 Å². The highest BCUT2D eigenvalue weighted by Gasteiger charge is 2.05. The molecule has 0 fully saturated rings. The van der Waals surface area contributed by atoms with Crippen LogP contribution in [0.1, 0.15) is 5.56 Å². The number of aromatic nitrogens is 2. The van der Waals surface area contributed by atoms with E-state index in [1.54, 1.807) is 24.5 Å². The van der Waals surface area contributed by atoms with Gasteiger partial charge in [0.05, 0.1) is 28.5 Å². The molecule has 0 aliphatic heterocycles. The Morgan fingerprint density at radius 2 is 2.14 bits per heavy atom. The second-order valence-electron chi connectivity index (χ2n) is 4.60. The van der Waals surface area contributed by atoms with Gasteiger partial charge in [-0.25, -0.2) is 0 Å². The van der Waals surface area contributed by atoms with Gasteiger partial charge in [0, 0.05) is 19.3 Å². The maximum absolute atomic E-state index is 11.5. The number of hydrogen-bond donors (Lipinski definition) is 3. The van der Waals surface area contributed by atoms with Gasteiger partial charge in [0.2, 0.25) is 5.91 Å². The molecule has 6 nitrogen and oxygen atoms in total. The molecule has 2 rings (SSSR count). The number of rotatable bonds is 7. The molecule has 2 aromatic rings. The van der Waals surface area contributed by atoms with Crippen LogP contribution in [0, 0.1) is 0 Å². The average molecular weight is 343 g/mol. The lowest BCUT2D eigenvalue weighted by Gasteiger charge is -2.05. The predicted molar refractivity (Wildman–Crippen MR) is 86.1 cm³/mol. The third kappa shape index (κ3) is 4.91. The molecule has 0 spiro atoms. The van der Waals surface area contributed by atoms with Crippen LogP contribution in [-0.2, 0) is 17.9 Å². The molecule has 0 radical (unpaired) electrons. The molecule has 118 valence electrons. The Labute approximate surface area is 138 Å². The van der Waals surface area contributed by atoms with E-state index in [1.807, 2.05) is 6.07 Å². The molecule has 0 bridgehead atoms. The van der Waals surface area contributed by atoms with Crippen LogP contribution in [0.25, 0.3) is 0 Å². The van der Waals surface area contributed by atoms with Gasteiger partial charge in [-0.05, 0) is 17.7 Å². The Morgan fingerprint density at radius 3 is 2.86 bits per heavy atom. The number of amides is 1. The van der Waals surface area contributed by atoms with Gasteiger partial charge >= 0.3 is 0 Å². The van der Waals surface area contributed by atoms with Gasteiger partial charge in [-0.3, -0.25) is 9.48 Å². The van der Waals surface area contributed by atoms with Crippen LogP contribution >= 0.6 is 23.2 Å². The number of carbonyl (C=O) groups is 1. The van der Waals surface area contributed by atoms with Gasteiger partial charge in [-0.2, -0.15) is 5.10 Å². The summed E-state index contributed by atoms with van der Waals surface area (Å²) in [5.74, 6) is -0.201. The Balaban J connectivity index is 1.86. The first kappa shape index (κ1) is 16.6. The van der Waals surface area contributed by atoms with Crippen molar-refractivity contribution in [2.45, 2.75) is 13.1 Å². The molecule has 0 unspecified atom stereocenters. The molecule has 3 N–H and O–H groups in total. The summed E-state index contributed by atoms with van der Waals surface area (Å²) in [5.41, 5.74) is 1.78. The first-order valence-electron chi connectivity index (χ1n) is 6.66. The minimum atomic E-state index is -0.201. The Morgan fingerprint density at radius 1 is 1.32 bits per heavy atom. The molecule has 1 heterocycles. The molecular weight excluding hydrogens is 327 g/mol. The molecule has 1 aromatic carbocycles. The van der Waals surface area contributed by atoms with E-state index in [9.17, 15) is 4.79 Å². The number of aliphatic hydroxyl groups is 1. The average Bonchev–Trinajstić information content (AvgIpc) is 2.94. The predicted octanol–water partition coefficient (Wildman–Crippen LogP) is 1.91. The van der Waals surface area contributed by atoms with Crippen LogP contribution in [0.2, 0.25) is 10.0 Å². The summed E-state index contributed by atoms with van der Waals surface area (Å²) in [6.07, 6.45) is 3.37. The van der Waals surface area contributed by atoms with Crippen molar-refractivity contribution in [3.8, 4) is 0 Å². The summed E-state index contributed by atoms with van der Waals surface area (Å²) >= 11 is 11.8. The van der Waals surface area contributed by atoms with Crippen molar-refractivity contribution in [2.24, 2.45) is 0 Å². The first-order chi connectivity index (χ1) is 10.6. The summed E-state index contributed by atoms with van der Waals surface area (Å²) in [6.45, 7) is 0.831. The second-order valence-corrected chi connectivity index (χ2v) is 5.42. The first-order valence-corrected chi connectivity index (χ1v) is 7.42. The third-order valence-corrected chi connectivity index (χ3v) is 3.59. The maximum Gasteiger partial charge on any atom is 0.241 e. The number of anilines is 1. The zero-order valence-electron chi connectivity index (χ0n) is 11.7. The Bertz CT molecular complexity index is 646. The highest BCUT2D eigenvalue weighted by molar-refractivity contribution is 6.42. The van der Waals surface area contributed by atoms with Crippen LogP contribution in [0.3, 0.4) is 0 Å². The molecule has 0 aliphatic carbocycles.